The molecule has 0 spiro atoms. The summed E-state index contributed by atoms with van der Waals surface area (Å²) >= 11 is 3.31. The zero-order valence-corrected chi connectivity index (χ0v) is 16.9. The van der Waals surface area contributed by atoms with Crippen LogP contribution in [0.4, 0.5) is 5.82 Å². The molecule has 1 N–H and O–H groups in total. The van der Waals surface area contributed by atoms with Crippen LogP contribution in [0, 0.1) is 11.8 Å². The molecule has 3 atom stereocenters. The second-order valence-corrected chi connectivity index (χ2v) is 8.11. The van der Waals surface area contributed by atoms with Gasteiger partial charge in [0.05, 0.1) is 12.6 Å². The summed E-state index contributed by atoms with van der Waals surface area (Å²) in [5, 5.41) is 2.75. The molecule has 1 aromatic heterocycles. The van der Waals surface area contributed by atoms with E-state index in [9.17, 15) is 9.59 Å². The summed E-state index contributed by atoms with van der Waals surface area (Å²) in [5.41, 5.74) is 0. The predicted molar refractivity (Wildman–Crippen MR) is 102 cm³/mol. The number of anilines is 1. The first-order chi connectivity index (χ1) is 11.8. The molecule has 0 aromatic carbocycles. The van der Waals surface area contributed by atoms with Crippen LogP contribution in [0.5, 0.6) is 0 Å². The molecule has 0 saturated carbocycles. The molecule has 6 nitrogen and oxygen atoms in total. The number of carbonyl (C=O) groups excluding carboxylic acids is 2. The first kappa shape index (κ1) is 19.8. The van der Waals surface area contributed by atoms with Gasteiger partial charge in [-0.1, -0.05) is 13.8 Å². The van der Waals surface area contributed by atoms with E-state index < -0.39 is 0 Å². The van der Waals surface area contributed by atoms with Gasteiger partial charge in [0.15, 0.2) is 0 Å². The van der Waals surface area contributed by atoms with E-state index in [1.807, 2.05) is 17.9 Å². The van der Waals surface area contributed by atoms with Crippen LogP contribution in [0.3, 0.4) is 0 Å². The van der Waals surface area contributed by atoms with Crippen LogP contribution in [-0.2, 0) is 9.59 Å². The number of hydrogen-bond acceptors (Lipinski definition) is 4. The number of aromatic nitrogens is 1. The maximum absolute atomic E-state index is 12.7. The van der Waals surface area contributed by atoms with Gasteiger partial charge in [0.1, 0.15) is 5.82 Å². The summed E-state index contributed by atoms with van der Waals surface area (Å²) in [4.78, 5) is 32.8. The summed E-state index contributed by atoms with van der Waals surface area (Å²) < 4.78 is 0.854. The average Bonchev–Trinajstić information content (AvgIpc) is 2.54. The Morgan fingerprint density at radius 2 is 2.00 bits per heavy atom. The van der Waals surface area contributed by atoms with Crippen LogP contribution in [0.1, 0.15) is 27.2 Å². The molecule has 138 valence electrons. The average molecular weight is 411 g/mol. The number of likely N-dealkylation sites (tertiary alicyclic amines) is 1. The lowest BCUT2D eigenvalue weighted by molar-refractivity contribution is -0.139. The lowest BCUT2D eigenvalue weighted by Crippen LogP contribution is -2.51. The second-order valence-electron chi connectivity index (χ2n) is 7.19. The Bertz CT molecular complexity index is 598. The highest BCUT2D eigenvalue weighted by Crippen LogP contribution is 2.22. The van der Waals surface area contributed by atoms with Crippen molar-refractivity contribution in [3.8, 4) is 0 Å². The van der Waals surface area contributed by atoms with E-state index in [0.29, 0.717) is 17.7 Å². The Morgan fingerprint density at radius 1 is 1.36 bits per heavy atom. The predicted octanol–water partition coefficient (Wildman–Crippen LogP) is 2.61. The maximum atomic E-state index is 12.7. The van der Waals surface area contributed by atoms with Gasteiger partial charge in [-0.15, -0.1) is 0 Å². The SMILES string of the molecule is CC1CC(C)CN(C(=O)C(C)N(C)CC(=O)Nc2ccc(Br)cn2)C1. The van der Waals surface area contributed by atoms with E-state index in [4.69, 9.17) is 0 Å². The minimum Gasteiger partial charge on any atom is -0.341 e. The quantitative estimate of drug-likeness (QED) is 0.809. The van der Waals surface area contributed by atoms with E-state index >= 15 is 0 Å². The molecular weight excluding hydrogens is 384 g/mol. The number of hydrogen-bond donors (Lipinski definition) is 1. The highest BCUT2D eigenvalue weighted by molar-refractivity contribution is 9.10. The number of likely N-dealkylation sites (N-methyl/N-ethyl adjacent to an activating group) is 1. The summed E-state index contributed by atoms with van der Waals surface area (Å²) in [6, 6.07) is 3.21. The lowest BCUT2D eigenvalue weighted by atomic mass is 9.91. The summed E-state index contributed by atoms with van der Waals surface area (Å²) in [6.07, 6.45) is 2.79. The fraction of sp³-hybridized carbons (Fsp3) is 0.611. The van der Waals surface area contributed by atoms with E-state index in [2.05, 4.69) is 40.1 Å². The minimum atomic E-state index is -0.332. The number of pyridine rings is 1. The van der Waals surface area contributed by atoms with Crippen molar-refractivity contribution in [3.05, 3.63) is 22.8 Å². The van der Waals surface area contributed by atoms with Crippen molar-refractivity contribution in [2.45, 2.75) is 33.2 Å². The van der Waals surface area contributed by atoms with Crippen molar-refractivity contribution in [2.24, 2.45) is 11.8 Å². The molecule has 0 bridgehead atoms. The largest absolute Gasteiger partial charge is 0.341 e. The third-order valence-electron chi connectivity index (χ3n) is 4.59. The number of nitrogens with zero attached hydrogens (tertiary/aromatic N) is 3. The Morgan fingerprint density at radius 3 is 2.56 bits per heavy atom. The molecule has 25 heavy (non-hydrogen) atoms. The molecule has 1 aromatic rings. The molecule has 2 rings (SSSR count). The Balaban J connectivity index is 1.88. The van der Waals surface area contributed by atoms with Crippen LogP contribution in [0.2, 0.25) is 0 Å². The number of piperidine rings is 1. The van der Waals surface area contributed by atoms with Crippen molar-refractivity contribution in [1.29, 1.82) is 0 Å². The first-order valence-corrected chi connectivity index (χ1v) is 9.46. The molecule has 1 aliphatic heterocycles. The molecule has 1 saturated heterocycles. The highest BCUT2D eigenvalue weighted by atomic mass is 79.9. The van der Waals surface area contributed by atoms with Crippen molar-refractivity contribution < 1.29 is 9.59 Å². The zero-order valence-electron chi connectivity index (χ0n) is 15.3. The van der Waals surface area contributed by atoms with Crippen molar-refractivity contribution >= 4 is 33.6 Å². The fourth-order valence-electron chi connectivity index (χ4n) is 3.29. The van der Waals surface area contributed by atoms with Crippen LogP contribution < -0.4 is 5.32 Å². The second kappa shape index (κ2) is 8.76. The molecule has 7 heteroatoms. The molecular formula is C18H27BrN4O2. The van der Waals surface area contributed by atoms with Crippen LogP contribution in [0.15, 0.2) is 22.8 Å². The van der Waals surface area contributed by atoms with Gasteiger partial charge in [0.2, 0.25) is 11.8 Å². The maximum Gasteiger partial charge on any atom is 0.239 e. The topological polar surface area (TPSA) is 65.5 Å². The third-order valence-corrected chi connectivity index (χ3v) is 5.06. The number of rotatable bonds is 5. The lowest BCUT2D eigenvalue weighted by Gasteiger charge is -2.37. The van der Waals surface area contributed by atoms with E-state index in [0.717, 1.165) is 24.0 Å². The van der Waals surface area contributed by atoms with Crippen molar-refractivity contribution in [3.63, 3.8) is 0 Å². The molecule has 1 aliphatic rings. The number of amides is 2. The molecule has 3 unspecified atom stereocenters. The molecule has 2 amide bonds. The summed E-state index contributed by atoms with van der Waals surface area (Å²) in [7, 11) is 1.80. The summed E-state index contributed by atoms with van der Waals surface area (Å²) in [5.74, 6) is 1.46. The standard InChI is InChI=1S/C18H27BrN4O2/c1-12-7-13(2)10-23(9-12)18(25)14(3)22(4)11-17(24)21-16-6-5-15(19)8-20-16/h5-6,8,12-14H,7,9-11H2,1-4H3,(H,20,21,24). The van der Waals surface area contributed by atoms with Gasteiger partial charge in [0.25, 0.3) is 0 Å². The smallest absolute Gasteiger partial charge is 0.239 e. The van der Waals surface area contributed by atoms with Crippen molar-refractivity contribution in [2.75, 3.05) is 32.0 Å². The van der Waals surface area contributed by atoms with Gasteiger partial charge in [-0.2, -0.15) is 0 Å². The van der Waals surface area contributed by atoms with E-state index in [-0.39, 0.29) is 24.4 Å². The third kappa shape index (κ3) is 5.78. The van der Waals surface area contributed by atoms with Gasteiger partial charge in [-0.25, -0.2) is 4.98 Å². The Kier molecular flexibility index (Phi) is 6.95. The molecule has 0 aliphatic carbocycles. The fourth-order valence-corrected chi connectivity index (χ4v) is 3.53. The van der Waals surface area contributed by atoms with E-state index in [1.54, 1.807) is 24.2 Å². The zero-order chi connectivity index (χ0) is 18.6. The highest BCUT2D eigenvalue weighted by Gasteiger charge is 2.30. The minimum absolute atomic E-state index is 0.0930. The van der Waals surface area contributed by atoms with E-state index in [1.165, 1.54) is 0 Å². The molecule has 0 radical (unpaired) electrons. The van der Waals surface area contributed by atoms with Crippen LogP contribution in [0.25, 0.3) is 0 Å². The van der Waals surface area contributed by atoms with Gasteiger partial charge in [-0.05, 0) is 60.3 Å². The normalized spacial score (nSPS) is 21.9. The van der Waals surface area contributed by atoms with Gasteiger partial charge >= 0.3 is 0 Å². The molecule has 2 heterocycles. The van der Waals surface area contributed by atoms with Crippen LogP contribution in [-0.4, -0.2) is 59.3 Å². The first-order valence-electron chi connectivity index (χ1n) is 8.66. The van der Waals surface area contributed by atoms with Gasteiger partial charge in [-0.3, -0.25) is 14.5 Å². The Hall–Kier alpha value is -1.47. The number of nitrogens with one attached hydrogen (secondary N) is 1. The van der Waals surface area contributed by atoms with Gasteiger partial charge < -0.3 is 10.2 Å². The summed E-state index contributed by atoms with van der Waals surface area (Å²) in [6.45, 7) is 7.97. The number of halogens is 1. The monoisotopic (exact) mass is 410 g/mol. The van der Waals surface area contributed by atoms with Gasteiger partial charge in [0, 0.05) is 23.8 Å². The molecule has 1 fully saturated rings. The van der Waals surface area contributed by atoms with Crippen molar-refractivity contribution in [1.82, 2.24) is 14.8 Å². The van der Waals surface area contributed by atoms with Crippen LogP contribution >= 0.6 is 15.9 Å². The Labute approximate surface area is 158 Å². The number of carbonyl (C=O) groups is 2.